The maximum absolute atomic E-state index is 12.7. The van der Waals surface area contributed by atoms with Crippen LogP contribution < -0.4 is 5.32 Å². The Morgan fingerprint density at radius 1 is 1.38 bits per heavy atom. The van der Waals surface area contributed by atoms with Crippen molar-refractivity contribution in [2.24, 2.45) is 0 Å². The Kier molecular flexibility index (Phi) is 5.73. The number of amides is 1. The summed E-state index contributed by atoms with van der Waals surface area (Å²) in [4.78, 5) is 14.9. The fourth-order valence-electron chi connectivity index (χ4n) is 3.43. The summed E-state index contributed by atoms with van der Waals surface area (Å²) >= 11 is 0. The molecule has 0 aromatic carbocycles. The zero-order valence-electron chi connectivity index (χ0n) is 15.9. The molecule has 2 unspecified atom stereocenters. The first-order valence-electron chi connectivity index (χ1n) is 9.07. The Morgan fingerprint density at radius 2 is 2.19 bits per heavy atom. The first kappa shape index (κ1) is 18.6. The number of aromatic nitrogens is 3. The minimum absolute atomic E-state index is 0.0119. The van der Waals surface area contributed by atoms with Gasteiger partial charge in [0.15, 0.2) is 5.82 Å². The van der Waals surface area contributed by atoms with Crippen molar-refractivity contribution in [1.29, 1.82) is 0 Å². The molecular weight excluding hydrogens is 334 g/mol. The molecule has 1 fully saturated rings. The van der Waals surface area contributed by atoms with Gasteiger partial charge < -0.3 is 14.6 Å². The SMILES string of the molecule is CCC(C(=O)Nc1cc(C)on1)N1CCOC(Cn2nc(C)cc2C)C1. The maximum Gasteiger partial charge on any atom is 0.242 e. The number of hydrogen-bond acceptors (Lipinski definition) is 6. The van der Waals surface area contributed by atoms with E-state index in [2.05, 4.69) is 26.5 Å². The normalized spacial score (nSPS) is 19.5. The molecule has 2 aromatic heterocycles. The summed E-state index contributed by atoms with van der Waals surface area (Å²) < 4.78 is 12.9. The number of carbonyl (C=O) groups is 1. The Hall–Kier alpha value is -2.19. The number of nitrogens with one attached hydrogen (secondary N) is 1. The van der Waals surface area contributed by atoms with Crippen LogP contribution in [0.25, 0.3) is 0 Å². The summed E-state index contributed by atoms with van der Waals surface area (Å²) in [7, 11) is 0. The molecule has 1 amide bonds. The van der Waals surface area contributed by atoms with Gasteiger partial charge in [0.25, 0.3) is 0 Å². The molecule has 1 aliphatic rings. The molecule has 0 aliphatic carbocycles. The molecule has 2 atom stereocenters. The number of hydrogen-bond donors (Lipinski definition) is 1. The molecule has 1 N–H and O–H groups in total. The molecule has 1 saturated heterocycles. The van der Waals surface area contributed by atoms with Crippen molar-refractivity contribution < 1.29 is 14.1 Å². The molecule has 26 heavy (non-hydrogen) atoms. The summed E-state index contributed by atoms with van der Waals surface area (Å²) in [5, 5.41) is 11.2. The van der Waals surface area contributed by atoms with E-state index < -0.39 is 0 Å². The monoisotopic (exact) mass is 361 g/mol. The number of ether oxygens (including phenoxy) is 1. The van der Waals surface area contributed by atoms with E-state index in [0.29, 0.717) is 31.3 Å². The van der Waals surface area contributed by atoms with Crippen molar-refractivity contribution in [3.8, 4) is 0 Å². The molecule has 8 nitrogen and oxygen atoms in total. The Labute approximate surface area is 153 Å². The minimum atomic E-state index is -0.223. The van der Waals surface area contributed by atoms with Gasteiger partial charge in [-0.15, -0.1) is 0 Å². The van der Waals surface area contributed by atoms with Crippen LogP contribution >= 0.6 is 0 Å². The predicted octanol–water partition coefficient (Wildman–Crippen LogP) is 1.91. The van der Waals surface area contributed by atoms with Crippen molar-refractivity contribution in [1.82, 2.24) is 19.8 Å². The number of anilines is 1. The predicted molar refractivity (Wildman–Crippen MR) is 97.0 cm³/mol. The maximum atomic E-state index is 12.7. The number of rotatable bonds is 6. The van der Waals surface area contributed by atoms with E-state index in [1.807, 2.05) is 25.5 Å². The molecule has 8 heteroatoms. The van der Waals surface area contributed by atoms with Gasteiger partial charge in [-0.25, -0.2) is 0 Å². The van der Waals surface area contributed by atoms with Gasteiger partial charge in [-0.05, 0) is 33.3 Å². The molecular formula is C18H27N5O3. The molecule has 142 valence electrons. The van der Waals surface area contributed by atoms with Crippen LogP contribution in [0.15, 0.2) is 16.7 Å². The second kappa shape index (κ2) is 8.01. The molecule has 3 heterocycles. The van der Waals surface area contributed by atoms with E-state index in [1.54, 1.807) is 13.0 Å². The lowest BCUT2D eigenvalue weighted by Gasteiger charge is -2.37. The smallest absolute Gasteiger partial charge is 0.242 e. The summed E-state index contributed by atoms with van der Waals surface area (Å²) in [6.07, 6.45) is 0.729. The Bertz CT molecular complexity index is 754. The van der Waals surface area contributed by atoms with Crippen LogP contribution in [0.5, 0.6) is 0 Å². The van der Waals surface area contributed by atoms with Crippen LogP contribution in [0.4, 0.5) is 5.82 Å². The largest absolute Gasteiger partial charge is 0.374 e. The highest BCUT2D eigenvalue weighted by atomic mass is 16.5. The Balaban J connectivity index is 1.62. The lowest BCUT2D eigenvalue weighted by atomic mass is 10.1. The van der Waals surface area contributed by atoms with E-state index in [4.69, 9.17) is 9.26 Å². The van der Waals surface area contributed by atoms with Gasteiger partial charge in [0.1, 0.15) is 5.76 Å². The van der Waals surface area contributed by atoms with Crippen LogP contribution in [0.3, 0.4) is 0 Å². The van der Waals surface area contributed by atoms with Crippen LogP contribution in [0.1, 0.15) is 30.5 Å². The molecule has 0 spiro atoms. The summed E-state index contributed by atoms with van der Waals surface area (Å²) in [6, 6.07) is 3.55. The van der Waals surface area contributed by atoms with E-state index in [9.17, 15) is 4.79 Å². The van der Waals surface area contributed by atoms with Gasteiger partial charge in [-0.3, -0.25) is 14.4 Å². The van der Waals surface area contributed by atoms with Gasteiger partial charge >= 0.3 is 0 Å². The van der Waals surface area contributed by atoms with E-state index in [-0.39, 0.29) is 18.1 Å². The lowest BCUT2D eigenvalue weighted by molar-refractivity contribution is -0.125. The number of aryl methyl sites for hydroxylation is 3. The Morgan fingerprint density at radius 3 is 2.81 bits per heavy atom. The molecule has 0 bridgehead atoms. The molecule has 1 aliphatic heterocycles. The van der Waals surface area contributed by atoms with Crippen LogP contribution in [0, 0.1) is 20.8 Å². The fourth-order valence-corrected chi connectivity index (χ4v) is 3.43. The van der Waals surface area contributed by atoms with Gasteiger partial charge in [0, 0.05) is 24.8 Å². The highest BCUT2D eigenvalue weighted by Gasteiger charge is 2.30. The third kappa shape index (κ3) is 4.31. The van der Waals surface area contributed by atoms with Crippen molar-refractivity contribution in [2.45, 2.75) is 52.8 Å². The van der Waals surface area contributed by atoms with E-state index in [0.717, 1.165) is 24.4 Å². The highest BCUT2D eigenvalue weighted by Crippen LogP contribution is 2.16. The summed E-state index contributed by atoms with van der Waals surface area (Å²) in [6.45, 7) is 10.6. The van der Waals surface area contributed by atoms with Crippen LogP contribution in [0.2, 0.25) is 0 Å². The average molecular weight is 361 g/mol. The number of nitrogens with zero attached hydrogens (tertiary/aromatic N) is 4. The standard InChI is InChI=1S/C18H27N5O3/c1-5-16(18(24)19-17-9-14(4)26-21-17)22-6-7-25-15(10-22)11-23-13(3)8-12(2)20-23/h8-9,15-16H,5-7,10-11H2,1-4H3,(H,19,21,24). The molecule has 3 rings (SSSR count). The topological polar surface area (TPSA) is 85.4 Å². The average Bonchev–Trinajstić information content (AvgIpc) is 3.13. The van der Waals surface area contributed by atoms with Gasteiger partial charge in [-0.1, -0.05) is 12.1 Å². The molecule has 0 saturated carbocycles. The second-order valence-electron chi connectivity index (χ2n) is 6.83. The molecule has 2 aromatic rings. The minimum Gasteiger partial charge on any atom is -0.374 e. The van der Waals surface area contributed by atoms with Crippen LogP contribution in [-0.4, -0.2) is 57.6 Å². The highest BCUT2D eigenvalue weighted by molar-refractivity contribution is 5.94. The number of morpholine rings is 1. The van der Waals surface area contributed by atoms with Gasteiger partial charge in [0.05, 0.1) is 31.0 Å². The van der Waals surface area contributed by atoms with E-state index >= 15 is 0 Å². The van der Waals surface area contributed by atoms with Crippen molar-refractivity contribution >= 4 is 11.7 Å². The van der Waals surface area contributed by atoms with Crippen molar-refractivity contribution in [3.63, 3.8) is 0 Å². The second-order valence-corrected chi connectivity index (χ2v) is 6.83. The van der Waals surface area contributed by atoms with Crippen LogP contribution in [-0.2, 0) is 16.1 Å². The fraction of sp³-hybridized carbons (Fsp3) is 0.611. The zero-order chi connectivity index (χ0) is 18.7. The lowest BCUT2D eigenvalue weighted by Crippen LogP contribution is -2.52. The third-order valence-electron chi connectivity index (χ3n) is 4.66. The zero-order valence-corrected chi connectivity index (χ0v) is 15.9. The first-order valence-corrected chi connectivity index (χ1v) is 9.07. The van der Waals surface area contributed by atoms with Crippen molar-refractivity contribution in [3.05, 3.63) is 29.3 Å². The first-order chi connectivity index (χ1) is 12.5. The summed E-state index contributed by atoms with van der Waals surface area (Å²) in [5.41, 5.74) is 2.12. The number of carbonyl (C=O) groups excluding carboxylic acids is 1. The third-order valence-corrected chi connectivity index (χ3v) is 4.66. The van der Waals surface area contributed by atoms with Gasteiger partial charge in [-0.2, -0.15) is 5.10 Å². The van der Waals surface area contributed by atoms with E-state index in [1.165, 1.54) is 0 Å². The summed E-state index contributed by atoms with van der Waals surface area (Å²) in [5.74, 6) is 1.07. The molecule has 0 radical (unpaired) electrons. The van der Waals surface area contributed by atoms with Crippen molar-refractivity contribution in [2.75, 3.05) is 25.0 Å². The quantitative estimate of drug-likeness (QED) is 0.846. The van der Waals surface area contributed by atoms with Gasteiger partial charge in [0.2, 0.25) is 5.91 Å².